The van der Waals surface area contributed by atoms with Gasteiger partial charge in [0.25, 0.3) is 0 Å². The fraction of sp³-hybridized carbons (Fsp3) is 0.357. The van der Waals surface area contributed by atoms with E-state index in [-0.39, 0.29) is 0 Å². The Labute approximate surface area is 129 Å². The van der Waals surface area contributed by atoms with Crippen LogP contribution in [0.15, 0.2) is 18.5 Å². The molecule has 0 aliphatic carbocycles. The number of hydrogen-bond donors (Lipinski definition) is 2. The van der Waals surface area contributed by atoms with Crippen molar-refractivity contribution in [3.63, 3.8) is 0 Å². The van der Waals surface area contributed by atoms with Crippen LogP contribution in [0.3, 0.4) is 0 Å². The largest absolute Gasteiger partial charge is 0.389 e. The third kappa shape index (κ3) is 3.77. The zero-order valence-corrected chi connectivity index (χ0v) is 13.2. The van der Waals surface area contributed by atoms with Crippen LogP contribution in [0.5, 0.6) is 0 Å². The molecule has 0 fully saturated rings. The van der Waals surface area contributed by atoms with Crippen molar-refractivity contribution >= 4 is 28.7 Å². The Bertz CT molecular complexity index is 653. The van der Waals surface area contributed by atoms with Crippen molar-refractivity contribution in [2.75, 3.05) is 19.0 Å². The van der Waals surface area contributed by atoms with Crippen LogP contribution < -0.4 is 11.1 Å². The summed E-state index contributed by atoms with van der Waals surface area (Å²) in [6.07, 6.45) is 3.63. The van der Waals surface area contributed by atoms with Crippen molar-refractivity contribution in [1.82, 2.24) is 14.8 Å². The van der Waals surface area contributed by atoms with Crippen molar-refractivity contribution in [2.24, 2.45) is 5.73 Å². The van der Waals surface area contributed by atoms with Crippen LogP contribution in [0.1, 0.15) is 16.8 Å². The first-order valence-electron chi connectivity index (χ1n) is 6.57. The lowest BCUT2D eigenvalue weighted by atomic mass is 10.1. The summed E-state index contributed by atoms with van der Waals surface area (Å²) in [4.78, 5) is 4.81. The highest BCUT2D eigenvalue weighted by Crippen LogP contribution is 2.22. The smallest absolute Gasteiger partial charge is 0.141 e. The summed E-state index contributed by atoms with van der Waals surface area (Å²) in [5, 5.41) is 7.48. The number of aromatic nitrogens is 3. The standard InChI is InChI=1S/C14H19N5OS/c1-9-6-10(2)17-14(12(9)13(15)21)18-11-7-16-19(8-11)4-5-20-3/h6-8H,4-5H2,1-3H3,(H2,15,21)(H,17,18). The van der Waals surface area contributed by atoms with Gasteiger partial charge in [0.05, 0.1) is 30.6 Å². The molecule has 6 nitrogen and oxygen atoms in total. The lowest BCUT2D eigenvalue weighted by molar-refractivity contribution is 0.183. The van der Waals surface area contributed by atoms with Crippen molar-refractivity contribution < 1.29 is 4.74 Å². The Balaban J connectivity index is 2.26. The molecule has 112 valence electrons. The molecule has 2 aromatic rings. The van der Waals surface area contributed by atoms with Gasteiger partial charge in [-0.25, -0.2) is 4.98 Å². The van der Waals surface area contributed by atoms with Gasteiger partial charge in [0.2, 0.25) is 0 Å². The molecule has 0 spiro atoms. The molecule has 0 atom stereocenters. The lowest BCUT2D eigenvalue weighted by Crippen LogP contribution is -2.15. The highest BCUT2D eigenvalue weighted by molar-refractivity contribution is 7.80. The summed E-state index contributed by atoms with van der Waals surface area (Å²) in [5.41, 5.74) is 9.31. The minimum atomic E-state index is 0.328. The third-order valence-corrected chi connectivity index (χ3v) is 3.22. The summed E-state index contributed by atoms with van der Waals surface area (Å²) in [6.45, 7) is 5.21. The van der Waals surface area contributed by atoms with E-state index in [1.807, 2.05) is 26.1 Å². The third-order valence-electron chi connectivity index (χ3n) is 3.01. The van der Waals surface area contributed by atoms with Crippen LogP contribution in [-0.4, -0.2) is 33.5 Å². The minimum absolute atomic E-state index is 0.328. The Morgan fingerprint density at radius 1 is 1.48 bits per heavy atom. The molecule has 0 saturated heterocycles. The van der Waals surface area contributed by atoms with Gasteiger partial charge in [-0.05, 0) is 25.5 Å². The number of nitrogens with one attached hydrogen (secondary N) is 1. The number of nitrogens with two attached hydrogens (primary N) is 1. The number of rotatable bonds is 6. The number of hydrogen-bond acceptors (Lipinski definition) is 5. The van der Waals surface area contributed by atoms with Gasteiger partial charge in [-0.3, -0.25) is 4.68 Å². The van der Waals surface area contributed by atoms with Crippen molar-refractivity contribution in [2.45, 2.75) is 20.4 Å². The topological polar surface area (TPSA) is 78.0 Å². The van der Waals surface area contributed by atoms with Gasteiger partial charge in [-0.1, -0.05) is 12.2 Å². The van der Waals surface area contributed by atoms with Crippen LogP contribution in [0.4, 0.5) is 11.5 Å². The highest BCUT2D eigenvalue weighted by Gasteiger charge is 2.12. The zero-order valence-electron chi connectivity index (χ0n) is 12.4. The molecule has 0 radical (unpaired) electrons. The molecule has 0 unspecified atom stereocenters. The van der Waals surface area contributed by atoms with Crippen LogP contribution in [0.2, 0.25) is 0 Å². The number of thiocarbonyl (C=S) groups is 1. The Kier molecular flexibility index (Phi) is 4.87. The number of methoxy groups -OCH3 is 1. The quantitative estimate of drug-likeness (QED) is 0.794. The Morgan fingerprint density at radius 2 is 2.24 bits per heavy atom. The van der Waals surface area contributed by atoms with Gasteiger partial charge in [-0.2, -0.15) is 5.10 Å². The van der Waals surface area contributed by atoms with Gasteiger partial charge < -0.3 is 15.8 Å². The number of anilines is 2. The molecule has 0 amide bonds. The molecule has 0 aromatic carbocycles. The highest BCUT2D eigenvalue weighted by atomic mass is 32.1. The zero-order chi connectivity index (χ0) is 15.4. The molecule has 21 heavy (non-hydrogen) atoms. The van der Waals surface area contributed by atoms with E-state index < -0.39 is 0 Å². The van der Waals surface area contributed by atoms with E-state index in [1.54, 1.807) is 18.0 Å². The Hall–Kier alpha value is -1.99. The van der Waals surface area contributed by atoms with Crippen molar-refractivity contribution in [1.29, 1.82) is 0 Å². The molecular formula is C14H19N5OS. The molecule has 0 aliphatic rings. The second-order valence-corrected chi connectivity index (χ2v) is 5.22. The average molecular weight is 305 g/mol. The maximum absolute atomic E-state index is 5.80. The summed E-state index contributed by atoms with van der Waals surface area (Å²) < 4.78 is 6.83. The minimum Gasteiger partial charge on any atom is -0.389 e. The van der Waals surface area contributed by atoms with Crippen LogP contribution in [0.25, 0.3) is 0 Å². The van der Waals surface area contributed by atoms with Crippen LogP contribution >= 0.6 is 12.2 Å². The molecule has 7 heteroatoms. The lowest BCUT2D eigenvalue weighted by Gasteiger charge is -2.12. The summed E-state index contributed by atoms with van der Waals surface area (Å²) >= 11 is 5.12. The van der Waals surface area contributed by atoms with Crippen molar-refractivity contribution in [3.8, 4) is 0 Å². The monoisotopic (exact) mass is 305 g/mol. The number of aryl methyl sites for hydroxylation is 2. The first kappa shape index (κ1) is 15.4. The van der Waals surface area contributed by atoms with E-state index in [9.17, 15) is 0 Å². The van der Waals surface area contributed by atoms with E-state index in [2.05, 4.69) is 15.4 Å². The predicted molar refractivity (Wildman–Crippen MR) is 87.0 cm³/mol. The van der Waals surface area contributed by atoms with Gasteiger partial charge in [0, 0.05) is 19.0 Å². The Morgan fingerprint density at radius 3 is 2.90 bits per heavy atom. The molecule has 0 aliphatic heterocycles. The fourth-order valence-electron chi connectivity index (χ4n) is 2.11. The molecule has 3 N–H and O–H groups in total. The molecule has 2 heterocycles. The van der Waals surface area contributed by atoms with E-state index in [1.165, 1.54) is 0 Å². The van der Waals surface area contributed by atoms with E-state index >= 15 is 0 Å². The van der Waals surface area contributed by atoms with Gasteiger partial charge in [0.1, 0.15) is 10.8 Å². The van der Waals surface area contributed by atoms with Crippen LogP contribution in [0, 0.1) is 13.8 Å². The normalized spacial score (nSPS) is 10.6. The van der Waals surface area contributed by atoms with Gasteiger partial charge >= 0.3 is 0 Å². The predicted octanol–water partition coefficient (Wildman–Crippen LogP) is 1.92. The fourth-order valence-corrected chi connectivity index (χ4v) is 2.37. The maximum Gasteiger partial charge on any atom is 0.141 e. The summed E-state index contributed by atoms with van der Waals surface area (Å²) in [7, 11) is 1.66. The molecule has 0 saturated carbocycles. The van der Waals surface area contributed by atoms with E-state index in [0.717, 1.165) is 22.5 Å². The van der Waals surface area contributed by atoms with E-state index in [0.29, 0.717) is 24.0 Å². The van der Waals surface area contributed by atoms with E-state index in [4.69, 9.17) is 22.7 Å². The van der Waals surface area contributed by atoms with Gasteiger partial charge in [0.15, 0.2) is 0 Å². The maximum atomic E-state index is 5.80. The number of pyridine rings is 1. The molecule has 2 aromatic heterocycles. The SMILES string of the molecule is COCCn1cc(Nc2nc(C)cc(C)c2C(N)=S)cn1. The molecule has 2 rings (SSSR count). The summed E-state index contributed by atoms with van der Waals surface area (Å²) in [6, 6.07) is 1.96. The molecular weight excluding hydrogens is 286 g/mol. The first-order valence-corrected chi connectivity index (χ1v) is 6.98. The number of nitrogens with zero attached hydrogens (tertiary/aromatic N) is 3. The number of ether oxygens (including phenoxy) is 1. The summed E-state index contributed by atoms with van der Waals surface area (Å²) in [5.74, 6) is 0.659. The van der Waals surface area contributed by atoms with Crippen LogP contribution in [-0.2, 0) is 11.3 Å². The van der Waals surface area contributed by atoms with Gasteiger partial charge in [-0.15, -0.1) is 0 Å². The second kappa shape index (κ2) is 6.64. The van der Waals surface area contributed by atoms with Crippen molar-refractivity contribution in [3.05, 3.63) is 35.3 Å². The molecule has 0 bridgehead atoms. The average Bonchev–Trinajstić information content (AvgIpc) is 2.82. The first-order chi connectivity index (χ1) is 10.0. The second-order valence-electron chi connectivity index (χ2n) is 4.78.